The molecule has 0 amide bonds. The Morgan fingerprint density at radius 1 is 1.04 bits per heavy atom. The lowest BCUT2D eigenvalue weighted by Gasteiger charge is -2.13. The lowest BCUT2D eigenvalue weighted by Crippen LogP contribution is -2.07. The van der Waals surface area contributed by atoms with Gasteiger partial charge in [0.25, 0.3) is 5.78 Å². The molecule has 2 aromatic carbocycles. The van der Waals surface area contributed by atoms with Gasteiger partial charge in [-0.05, 0) is 25.1 Å². The summed E-state index contributed by atoms with van der Waals surface area (Å²) in [4.78, 5) is 8.49. The summed E-state index contributed by atoms with van der Waals surface area (Å²) in [6.45, 7) is 2.54. The number of aryl methyl sites for hydroxylation is 1. The number of fused-ring (bicyclic) bond motifs is 1. The Bertz CT molecular complexity index is 997. The highest BCUT2D eigenvalue weighted by molar-refractivity contribution is 5.46. The Kier molecular flexibility index (Phi) is 4.00. The molecular weight excluding hydrogens is 314 g/mol. The summed E-state index contributed by atoms with van der Waals surface area (Å²) in [6, 6.07) is 19.7. The minimum atomic E-state index is 0.580. The molecule has 0 aliphatic carbocycles. The zero-order valence-electron chi connectivity index (χ0n) is 13.8. The van der Waals surface area contributed by atoms with E-state index in [0.717, 1.165) is 28.6 Å². The van der Waals surface area contributed by atoms with Crippen LogP contribution in [0.3, 0.4) is 0 Å². The zero-order chi connectivity index (χ0) is 17.1. The third-order valence-corrected chi connectivity index (χ3v) is 3.78. The smallest absolute Gasteiger partial charge is 0.254 e. The SMILES string of the molecule is Cc1cc(NCc2ccccc2Oc2ccccc2)n2ncnc2n1. The number of aromatic nitrogens is 4. The van der Waals surface area contributed by atoms with Gasteiger partial charge in [0.15, 0.2) is 0 Å². The summed E-state index contributed by atoms with van der Waals surface area (Å²) >= 11 is 0. The van der Waals surface area contributed by atoms with Gasteiger partial charge in [0.05, 0.1) is 0 Å². The van der Waals surface area contributed by atoms with Crippen LogP contribution >= 0.6 is 0 Å². The molecule has 0 spiro atoms. The van der Waals surface area contributed by atoms with E-state index < -0.39 is 0 Å². The van der Waals surface area contributed by atoms with E-state index >= 15 is 0 Å². The standard InChI is InChI=1S/C19H17N5O/c1-14-11-18(24-19(23-14)21-13-22-24)20-12-15-7-5-6-10-17(15)25-16-8-3-2-4-9-16/h2-11,13,20H,12H2,1H3. The Labute approximate surface area is 145 Å². The third-order valence-electron chi connectivity index (χ3n) is 3.78. The molecule has 1 N–H and O–H groups in total. The predicted molar refractivity (Wildman–Crippen MR) is 95.8 cm³/mol. The number of para-hydroxylation sites is 2. The van der Waals surface area contributed by atoms with Crippen LogP contribution in [0.1, 0.15) is 11.3 Å². The van der Waals surface area contributed by atoms with Crippen molar-refractivity contribution < 1.29 is 4.74 Å². The number of nitrogens with one attached hydrogen (secondary N) is 1. The lowest BCUT2D eigenvalue weighted by molar-refractivity contribution is 0.477. The first-order valence-electron chi connectivity index (χ1n) is 8.02. The summed E-state index contributed by atoms with van der Waals surface area (Å²) in [6.07, 6.45) is 1.50. The number of ether oxygens (including phenoxy) is 1. The molecule has 6 nitrogen and oxygen atoms in total. The van der Waals surface area contributed by atoms with E-state index in [9.17, 15) is 0 Å². The van der Waals surface area contributed by atoms with Crippen molar-refractivity contribution in [2.24, 2.45) is 0 Å². The summed E-state index contributed by atoms with van der Waals surface area (Å²) in [7, 11) is 0. The van der Waals surface area contributed by atoms with Crippen LogP contribution < -0.4 is 10.1 Å². The van der Waals surface area contributed by atoms with E-state index in [1.54, 1.807) is 4.52 Å². The highest BCUT2D eigenvalue weighted by atomic mass is 16.5. The van der Waals surface area contributed by atoms with Crippen LogP contribution in [0.5, 0.6) is 11.5 Å². The molecule has 0 radical (unpaired) electrons. The van der Waals surface area contributed by atoms with Crippen LogP contribution in [0.2, 0.25) is 0 Å². The molecule has 2 heterocycles. The van der Waals surface area contributed by atoms with E-state index in [0.29, 0.717) is 12.3 Å². The van der Waals surface area contributed by atoms with Gasteiger partial charge in [0, 0.05) is 23.9 Å². The number of anilines is 1. The molecule has 0 aliphatic heterocycles. The minimum absolute atomic E-state index is 0.580. The Hall–Kier alpha value is -3.41. The highest BCUT2D eigenvalue weighted by Crippen LogP contribution is 2.25. The maximum atomic E-state index is 6.01. The molecule has 0 unspecified atom stereocenters. The molecule has 0 bridgehead atoms. The van der Waals surface area contributed by atoms with Crippen LogP contribution in [-0.2, 0) is 6.54 Å². The fourth-order valence-electron chi connectivity index (χ4n) is 2.61. The van der Waals surface area contributed by atoms with Crippen molar-refractivity contribution in [2.75, 3.05) is 5.32 Å². The molecule has 0 fully saturated rings. The van der Waals surface area contributed by atoms with Gasteiger partial charge >= 0.3 is 0 Å². The fraction of sp³-hybridized carbons (Fsp3) is 0.105. The summed E-state index contributed by atoms with van der Waals surface area (Å²) in [5.74, 6) is 3.06. The van der Waals surface area contributed by atoms with Crippen molar-refractivity contribution in [3.8, 4) is 11.5 Å². The van der Waals surface area contributed by atoms with Gasteiger partial charge in [-0.25, -0.2) is 4.98 Å². The maximum absolute atomic E-state index is 6.01. The van der Waals surface area contributed by atoms with Gasteiger partial charge in [0.1, 0.15) is 23.6 Å². The molecule has 25 heavy (non-hydrogen) atoms. The topological polar surface area (TPSA) is 64.3 Å². The Morgan fingerprint density at radius 3 is 2.72 bits per heavy atom. The molecule has 0 saturated heterocycles. The summed E-state index contributed by atoms with van der Waals surface area (Å²) < 4.78 is 7.70. The molecule has 0 saturated carbocycles. The first-order valence-corrected chi connectivity index (χ1v) is 8.02. The first-order chi connectivity index (χ1) is 12.3. The van der Waals surface area contributed by atoms with Crippen LogP contribution in [0.4, 0.5) is 5.82 Å². The molecule has 6 heteroatoms. The van der Waals surface area contributed by atoms with E-state index in [-0.39, 0.29) is 0 Å². The molecule has 4 aromatic rings. The quantitative estimate of drug-likeness (QED) is 0.602. The van der Waals surface area contributed by atoms with Gasteiger partial charge < -0.3 is 10.1 Å². The van der Waals surface area contributed by atoms with Crippen LogP contribution in [0.15, 0.2) is 67.0 Å². The Balaban J connectivity index is 1.58. The van der Waals surface area contributed by atoms with Crippen molar-refractivity contribution >= 4 is 11.6 Å². The molecular formula is C19H17N5O. The van der Waals surface area contributed by atoms with Crippen LogP contribution in [-0.4, -0.2) is 19.6 Å². The largest absolute Gasteiger partial charge is 0.457 e. The average Bonchev–Trinajstić information content (AvgIpc) is 3.10. The second-order valence-corrected chi connectivity index (χ2v) is 5.63. The van der Waals surface area contributed by atoms with Crippen molar-refractivity contribution in [3.63, 3.8) is 0 Å². The number of rotatable bonds is 5. The second kappa shape index (κ2) is 6.60. The highest BCUT2D eigenvalue weighted by Gasteiger charge is 2.08. The number of nitrogens with zero attached hydrogens (tertiary/aromatic N) is 4. The van der Waals surface area contributed by atoms with E-state index in [1.807, 2.05) is 67.6 Å². The van der Waals surface area contributed by atoms with Crippen molar-refractivity contribution in [2.45, 2.75) is 13.5 Å². The van der Waals surface area contributed by atoms with E-state index in [1.165, 1.54) is 6.33 Å². The van der Waals surface area contributed by atoms with Gasteiger partial charge in [-0.2, -0.15) is 14.6 Å². The zero-order valence-corrected chi connectivity index (χ0v) is 13.8. The maximum Gasteiger partial charge on any atom is 0.254 e. The summed E-state index contributed by atoms with van der Waals surface area (Å²) in [5.41, 5.74) is 1.94. The van der Waals surface area contributed by atoms with Gasteiger partial charge in [-0.3, -0.25) is 0 Å². The first kappa shape index (κ1) is 15.1. The molecule has 4 rings (SSSR count). The number of benzene rings is 2. The van der Waals surface area contributed by atoms with Crippen molar-refractivity contribution in [1.29, 1.82) is 0 Å². The molecule has 124 valence electrons. The fourth-order valence-corrected chi connectivity index (χ4v) is 2.61. The average molecular weight is 331 g/mol. The summed E-state index contributed by atoms with van der Waals surface area (Å²) in [5, 5.41) is 7.61. The number of hydrogen-bond donors (Lipinski definition) is 1. The second-order valence-electron chi connectivity index (χ2n) is 5.63. The van der Waals surface area contributed by atoms with Gasteiger partial charge in [-0.1, -0.05) is 36.4 Å². The predicted octanol–water partition coefficient (Wildman–Crippen LogP) is 3.84. The van der Waals surface area contributed by atoms with Crippen LogP contribution in [0.25, 0.3) is 5.78 Å². The minimum Gasteiger partial charge on any atom is -0.457 e. The van der Waals surface area contributed by atoms with Crippen LogP contribution in [0, 0.1) is 6.92 Å². The third kappa shape index (κ3) is 3.28. The van der Waals surface area contributed by atoms with Gasteiger partial charge in [0.2, 0.25) is 0 Å². The van der Waals surface area contributed by atoms with E-state index in [2.05, 4.69) is 20.4 Å². The Morgan fingerprint density at radius 2 is 1.84 bits per heavy atom. The molecule has 0 aliphatic rings. The lowest BCUT2D eigenvalue weighted by atomic mass is 10.2. The van der Waals surface area contributed by atoms with Gasteiger partial charge in [-0.15, -0.1) is 0 Å². The van der Waals surface area contributed by atoms with Crippen molar-refractivity contribution in [1.82, 2.24) is 19.6 Å². The normalized spacial score (nSPS) is 10.8. The monoisotopic (exact) mass is 331 g/mol. The molecule has 0 atom stereocenters. The molecule has 2 aromatic heterocycles. The van der Waals surface area contributed by atoms with Crippen molar-refractivity contribution in [3.05, 3.63) is 78.2 Å². The number of hydrogen-bond acceptors (Lipinski definition) is 5. The van der Waals surface area contributed by atoms with E-state index in [4.69, 9.17) is 4.74 Å².